The molecule has 136 valence electrons. The SMILES string of the molecule is Cc1cc(Nc2ncc(C)s2)nc([C@@H]2CCCN2Cc2csc(C)n2)n1. The van der Waals surface area contributed by atoms with Crippen molar-refractivity contribution >= 4 is 33.6 Å². The summed E-state index contributed by atoms with van der Waals surface area (Å²) in [4.78, 5) is 22.1. The van der Waals surface area contributed by atoms with Crippen LogP contribution in [0.1, 0.15) is 46.0 Å². The number of thiazole rings is 2. The van der Waals surface area contributed by atoms with Crippen molar-refractivity contribution < 1.29 is 0 Å². The van der Waals surface area contributed by atoms with Crippen LogP contribution in [0, 0.1) is 20.8 Å². The van der Waals surface area contributed by atoms with Gasteiger partial charge in [0.1, 0.15) is 11.6 Å². The van der Waals surface area contributed by atoms with E-state index in [2.05, 4.69) is 39.4 Å². The van der Waals surface area contributed by atoms with Crippen LogP contribution >= 0.6 is 22.7 Å². The Hall–Kier alpha value is -1.90. The third-order valence-corrected chi connectivity index (χ3v) is 6.07. The Labute approximate surface area is 161 Å². The minimum atomic E-state index is 0.246. The number of likely N-dealkylation sites (tertiary alicyclic amines) is 1. The molecule has 6 nitrogen and oxygen atoms in total. The summed E-state index contributed by atoms with van der Waals surface area (Å²) in [5.74, 6) is 1.71. The Kier molecular flexibility index (Phi) is 4.97. The van der Waals surface area contributed by atoms with Crippen LogP contribution in [-0.2, 0) is 6.54 Å². The van der Waals surface area contributed by atoms with Crippen LogP contribution in [0.4, 0.5) is 10.9 Å². The third kappa shape index (κ3) is 3.92. The largest absolute Gasteiger partial charge is 0.316 e. The molecule has 1 aliphatic rings. The van der Waals surface area contributed by atoms with Crippen molar-refractivity contribution in [2.75, 3.05) is 11.9 Å². The lowest BCUT2D eigenvalue weighted by atomic mass is 10.2. The summed E-state index contributed by atoms with van der Waals surface area (Å²) in [6.07, 6.45) is 4.12. The predicted molar refractivity (Wildman–Crippen MR) is 106 cm³/mol. The van der Waals surface area contributed by atoms with Crippen LogP contribution in [0.15, 0.2) is 17.6 Å². The van der Waals surface area contributed by atoms with E-state index in [1.54, 1.807) is 22.7 Å². The Morgan fingerprint density at radius 3 is 2.85 bits per heavy atom. The molecule has 0 unspecified atom stereocenters. The molecule has 0 aromatic carbocycles. The smallest absolute Gasteiger partial charge is 0.188 e. The first kappa shape index (κ1) is 17.5. The van der Waals surface area contributed by atoms with Crippen LogP contribution in [0.3, 0.4) is 0 Å². The fourth-order valence-electron chi connectivity index (χ4n) is 3.32. The topological polar surface area (TPSA) is 66.8 Å². The van der Waals surface area contributed by atoms with E-state index < -0.39 is 0 Å². The molecule has 8 heteroatoms. The van der Waals surface area contributed by atoms with Gasteiger partial charge in [0.15, 0.2) is 5.13 Å². The fraction of sp³-hybridized carbons (Fsp3) is 0.444. The number of nitrogens with zero attached hydrogens (tertiary/aromatic N) is 5. The highest BCUT2D eigenvalue weighted by Crippen LogP contribution is 2.32. The maximum Gasteiger partial charge on any atom is 0.188 e. The average Bonchev–Trinajstić information content (AvgIpc) is 3.30. The first-order valence-electron chi connectivity index (χ1n) is 8.77. The van der Waals surface area contributed by atoms with Gasteiger partial charge in [-0.15, -0.1) is 22.7 Å². The van der Waals surface area contributed by atoms with E-state index in [0.29, 0.717) is 0 Å². The molecule has 1 saturated heterocycles. The number of aromatic nitrogens is 4. The summed E-state index contributed by atoms with van der Waals surface area (Å²) in [6, 6.07) is 2.22. The molecule has 1 aliphatic heterocycles. The number of hydrogen-bond donors (Lipinski definition) is 1. The van der Waals surface area contributed by atoms with E-state index in [9.17, 15) is 0 Å². The summed E-state index contributed by atoms with van der Waals surface area (Å²) in [6.45, 7) is 8.05. The molecule has 26 heavy (non-hydrogen) atoms. The lowest BCUT2D eigenvalue weighted by Crippen LogP contribution is -2.24. The normalized spacial score (nSPS) is 17.7. The first-order chi connectivity index (χ1) is 12.6. The van der Waals surface area contributed by atoms with Crippen molar-refractivity contribution in [3.63, 3.8) is 0 Å². The maximum absolute atomic E-state index is 4.80. The highest BCUT2D eigenvalue weighted by atomic mass is 32.1. The molecule has 0 bridgehead atoms. The van der Waals surface area contributed by atoms with Gasteiger partial charge in [-0.2, -0.15) is 0 Å². The monoisotopic (exact) mass is 386 g/mol. The zero-order valence-electron chi connectivity index (χ0n) is 15.2. The first-order valence-corrected chi connectivity index (χ1v) is 10.5. The van der Waals surface area contributed by atoms with E-state index in [-0.39, 0.29) is 6.04 Å². The zero-order valence-corrected chi connectivity index (χ0v) is 16.8. The van der Waals surface area contributed by atoms with Gasteiger partial charge in [-0.1, -0.05) is 0 Å². The number of hydrogen-bond acceptors (Lipinski definition) is 8. The number of rotatable bonds is 5. The van der Waals surface area contributed by atoms with Gasteiger partial charge < -0.3 is 5.32 Å². The average molecular weight is 387 g/mol. The predicted octanol–water partition coefficient (Wildman–Crippen LogP) is 4.40. The number of anilines is 2. The van der Waals surface area contributed by atoms with Crippen molar-refractivity contribution in [3.05, 3.63) is 44.7 Å². The van der Waals surface area contributed by atoms with E-state index in [1.807, 2.05) is 19.2 Å². The molecule has 1 atom stereocenters. The second kappa shape index (κ2) is 7.38. The van der Waals surface area contributed by atoms with E-state index in [0.717, 1.165) is 52.7 Å². The van der Waals surface area contributed by atoms with Gasteiger partial charge in [0.05, 0.1) is 16.7 Å². The lowest BCUT2D eigenvalue weighted by molar-refractivity contribution is 0.237. The molecule has 1 N–H and O–H groups in total. The molecule has 0 radical (unpaired) electrons. The second-order valence-electron chi connectivity index (χ2n) is 6.64. The van der Waals surface area contributed by atoms with Gasteiger partial charge in [-0.05, 0) is 40.2 Å². The molecule has 4 heterocycles. The van der Waals surface area contributed by atoms with Crippen molar-refractivity contribution in [2.45, 2.75) is 46.2 Å². The van der Waals surface area contributed by atoms with Crippen LogP contribution in [-0.4, -0.2) is 31.4 Å². The summed E-state index contributed by atoms with van der Waals surface area (Å²) >= 11 is 3.34. The minimum Gasteiger partial charge on any atom is -0.316 e. The molecule has 0 amide bonds. The standard InChI is InChI=1S/C18H22N6S2/c1-11-7-16(23-18-19-8-12(2)26-18)22-17(20-11)15-5-4-6-24(15)9-14-10-25-13(3)21-14/h7-8,10,15H,4-6,9H2,1-3H3,(H,19,20,22,23)/t15-/m0/s1. The van der Waals surface area contributed by atoms with Gasteiger partial charge in [0.2, 0.25) is 0 Å². The lowest BCUT2D eigenvalue weighted by Gasteiger charge is -2.23. The quantitative estimate of drug-likeness (QED) is 0.701. The molecular formula is C18H22N6S2. The van der Waals surface area contributed by atoms with Crippen LogP contribution in [0.25, 0.3) is 0 Å². The summed E-state index contributed by atoms with van der Waals surface area (Å²) in [5, 5.41) is 7.46. The molecule has 1 fully saturated rings. The van der Waals surface area contributed by atoms with Gasteiger partial charge in [-0.25, -0.2) is 19.9 Å². The summed E-state index contributed by atoms with van der Waals surface area (Å²) in [7, 11) is 0. The van der Waals surface area contributed by atoms with Crippen LogP contribution in [0.5, 0.6) is 0 Å². The van der Waals surface area contributed by atoms with E-state index in [1.165, 1.54) is 11.3 Å². The number of nitrogens with one attached hydrogen (secondary N) is 1. The van der Waals surface area contributed by atoms with Gasteiger partial charge in [-0.3, -0.25) is 4.90 Å². The summed E-state index contributed by atoms with van der Waals surface area (Å²) in [5.41, 5.74) is 2.12. The van der Waals surface area contributed by atoms with Crippen LogP contribution in [0.2, 0.25) is 0 Å². The molecular weight excluding hydrogens is 364 g/mol. The molecule has 3 aromatic heterocycles. The van der Waals surface area contributed by atoms with Crippen molar-refractivity contribution in [3.8, 4) is 0 Å². The highest BCUT2D eigenvalue weighted by Gasteiger charge is 2.29. The second-order valence-corrected chi connectivity index (χ2v) is 8.94. The number of aryl methyl sites for hydroxylation is 3. The van der Waals surface area contributed by atoms with Crippen LogP contribution < -0.4 is 5.32 Å². The zero-order chi connectivity index (χ0) is 18.1. The highest BCUT2D eigenvalue weighted by molar-refractivity contribution is 7.15. The van der Waals surface area contributed by atoms with Gasteiger partial charge >= 0.3 is 0 Å². The van der Waals surface area contributed by atoms with Crippen molar-refractivity contribution in [2.24, 2.45) is 0 Å². The molecule has 4 rings (SSSR count). The molecule has 0 spiro atoms. The fourth-order valence-corrected chi connectivity index (χ4v) is 4.60. The Balaban J connectivity index is 1.55. The van der Waals surface area contributed by atoms with Crippen molar-refractivity contribution in [1.29, 1.82) is 0 Å². The Morgan fingerprint density at radius 1 is 1.23 bits per heavy atom. The Morgan fingerprint density at radius 2 is 2.12 bits per heavy atom. The van der Waals surface area contributed by atoms with E-state index in [4.69, 9.17) is 9.97 Å². The Bertz CT molecular complexity index is 903. The van der Waals surface area contributed by atoms with Gasteiger partial charge in [0.25, 0.3) is 0 Å². The van der Waals surface area contributed by atoms with E-state index >= 15 is 0 Å². The molecule has 3 aromatic rings. The van der Waals surface area contributed by atoms with Gasteiger partial charge in [0, 0.05) is 34.8 Å². The molecule has 0 saturated carbocycles. The minimum absolute atomic E-state index is 0.246. The third-order valence-electron chi connectivity index (χ3n) is 4.42. The van der Waals surface area contributed by atoms with Crippen molar-refractivity contribution in [1.82, 2.24) is 24.8 Å². The molecule has 0 aliphatic carbocycles. The maximum atomic E-state index is 4.80. The summed E-state index contributed by atoms with van der Waals surface area (Å²) < 4.78 is 0.